The van der Waals surface area contributed by atoms with Gasteiger partial charge in [-0.1, -0.05) is 0 Å². The van der Waals surface area contributed by atoms with Gasteiger partial charge in [0.25, 0.3) is 0 Å². The molecule has 0 saturated carbocycles. The third kappa shape index (κ3) is 2.22. The van der Waals surface area contributed by atoms with E-state index in [0.29, 0.717) is 34.0 Å². The molecule has 5 nitrogen and oxygen atoms in total. The zero-order valence-corrected chi connectivity index (χ0v) is 12.3. The Morgan fingerprint density at radius 3 is 2.52 bits per heavy atom. The van der Waals surface area contributed by atoms with Crippen molar-refractivity contribution in [3.63, 3.8) is 0 Å². The molecule has 1 aromatic carbocycles. The molecule has 0 spiro atoms. The fourth-order valence-corrected chi connectivity index (χ4v) is 2.20. The molecule has 0 bridgehead atoms. The zero-order valence-electron chi connectivity index (χ0n) is 12.3. The Balaban J connectivity index is 2.25. The van der Waals surface area contributed by atoms with Crippen LogP contribution in [-0.2, 0) is 0 Å². The average molecular weight is 286 g/mol. The molecular weight excluding hydrogens is 271 g/mol. The number of methoxy groups -OCH3 is 1. The van der Waals surface area contributed by atoms with Gasteiger partial charge in [-0.25, -0.2) is 9.37 Å². The maximum atomic E-state index is 13.9. The number of benzene rings is 1. The summed E-state index contributed by atoms with van der Waals surface area (Å²) in [6, 6.07) is 5.11. The van der Waals surface area contributed by atoms with Crippen LogP contribution in [0.2, 0.25) is 0 Å². The van der Waals surface area contributed by atoms with Gasteiger partial charge < -0.3 is 4.74 Å². The van der Waals surface area contributed by atoms with Gasteiger partial charge in [-0.05, 0) is 44.0 Å². The number of hydrogen-bond donors (Lipinski definition) is 0. The van der Waals surface area contributed by atoms with E-state index in [-0.39, 0.29) is 5.82 Å². The Labute approximate surface area is 121 Å². The number of nitrogens with zero attached hydrogens (tertiary/aromatic N) is 4. The molecule has 108 valence electrons. The number of aryl methyl sites for hydroxylation is 2. The summed E-state index contributed by atoms with van der Waals surface area (Å²) in [7, 11) is 1.56. The van der Waals surface area contributed by atoms with E-state index in [0.717, 1.165) is 5.56 Å². The molecule has 3 rings (SSSR count). The summed E-state index contributed by atoms with van der Waals surface area (Å²) in [5.74, 6) is 0.907. The number of hydrogen-bond acceptors (Lipinski definition) is 4. The van der Waals surface area contributed by atoms with Crippen LogP contribution in [0.15, 0.2) is 18.2 Å². The second kappa shape index (κ2) is 4.80. The summed E-state index contributed by atoms with van der Waals surface area (Å²) >= 11 is 0. The van der Waals surface area contributed by atoms with E-state index in [9.17, 15) is 4.39 Å². The summed E-state index contributed by atoms with van der Waals surface area (Å²) in [6.07, 6.45) is 0. The number of fused-ring (bicyclic) bond motifs is 1. The van der Waals surface area contributed by atoms with E-state index in [1.54, 1.807) is 27.0 Å². The molecule has 0 saturated heterocycles. The predicted molar refractivity (Wildman–Crippen MR) is 76.9 cm³/mol. The van der Waals surface area contributed by atoms with E-state index in [1.165, 1.54) is 10.7 Å². The van der Waals surface area contributed by atoms with Crippen molar-refractivity contribution in [1.29, 1.82) is 0 Å². The first-order chi connectivity index (χ1) is 9.99. The predicted octanol–water partition coefficient (Wildman–Crippen LogP) is 2.86. The number of halogens is 1. The molecule has 0 aliphatic carbocycles. The van der Waals surface area contributed by atoms with Gasteiger partial charge in [0.15, 0.2) is 11.6 Å². The average Bonchev–Trinajstić information content (AvgIpc) is 2.83. The smallest absolute Gasteiger partial charge is 0.218 e. The molecule has 0 amide bonds. The van der Waals surface area contributed by atoms with Crippen LogP contribution in [0.1, 0.15) is 17.0 Å². The second-order valence-electron chi connectivity index (χ2n) is 4.97. The van der Waals surface area contributed by atoms with Gasteiger partial charge >= 0.3 is 0 Å². The van der Waals surface area contributed by atoms with Crippen LogP contribution in [0, 0.1) is 26.6 Å². The zero-order chi connectivity index (χ0) is 15.1. The van der Waals surface area contributed by atoms with Crippen molar-refractivity contribution in [3.8, 4) is 17.0 Å². The van der Waals surface area contributed by atoms with Crippen molar-refractivity contribution in [2.75, 3.05) is 7.11 Å². The van der Waals surface area contributed by atoms with Crippen LogP contribution in [0.4, 0.5) is 4.39 Å². The van der Waals surface area contributed by atoms with Crippen LogP contribution >= 0.6 is 0 Å². The Morgan fingerprint density at radius 2 is 1.86 bits per heavy atom. The SMILES string of the molecule is COc1cc(-c2cc(C)c(C)c(F)c2)nn2nc(C)nc12. The van der Waals surface area contributed by atoms with Crippen molar-refractivity contribution < 1.29 is 9.13 Å². The molecule has 0 aliphatic heterocycles. The van der Waals surface area contributed by atoms with Crippen LogP contribution in [0.3, 0.4) is 0 Å². The molecule has 0 aliphatic rings. The molecule has 2 aromatic heterocycles. The van der Waals surface area contributed by atoms with E-state index < -0.39 is 0 Å². The highest BCUT2D eigenvalue weighted by molar-refractivity contribution is 5.66. The van der Waals surface area contributed by atoms with Crippen LogP contribution in [-0.4, -0.2) is 26.9 Å². The monoisotopic (exact) mass is 286 g/mol. The summed E-state index contributed by atoms with van der Waals surface area (Å²) in [5.41, 5.74) is 3.34. The van der Waals surface area contributed by atoms with Crippen molar-refractivity contribution in [2.45, 2.75) is 20.8 Å². The first-order valence-electron chi connectivity index (χ1n) is 6.55. The van der Waals surface area contributed by atoms with Crippen LogP contribution < -0.4 is 4.74 Å². The summed E-state index contributed by atoms with van der Waals surface area (Å²) in [6.45, 7) is 5.41. The molecule has 2 heterocycles. The highest BCUT2D eigenvalue weighted by Gasteiger charge is 2.13. The van der Waals surface area contributed by atoms with Gasteiger partial charge in [-0.3, -0.25) is 0 Å². The Hall–Kier alpha value is -2.50. The summed E-state index contributed by atoms with van der Waals surface area (Å²) in [5, 5.41) is 8.57. The largest absolute Gasteiger partial charge is 0.493 e. The fraction of sp³-hybridized carbons (Fsp3) is 0.267. The lowest BCUT2D eigenvalue weighted by atomic mass is 10.0. The molecule has 0 N–H and O–H groups in total. The first-order valence-corrected chi connectivity index (χ1v) is 6.55. The lowest BCUT2D eigenvalue weighted by Crippen LogP contribution is -2.00. The summed E-state index contributed by atoms with van der Waals surface area (Å²) < 4.78 is 20.7. The number of rotatable bonds is 2. The molecule has 0 atom stereocenters. The minimum absolute atomic E-state index is 0.249. The molecule has 0 unspecified atom stereocenters. The highest BCUT2D eigenvalue weighted by atomic mass is 19.1. The van der Waals surface area contributed by atoms with Crippen molar-refractivity contribution in [3.05, 3.63) is 41.0 Å². The van der Waals surface area contributed by atoms with Gasteiger partial charge in [-0.15, -0.1) is 14.8 Å². The van der Waals surface area contributed by atoms with Crippen molar-refractivity contribution in [2.24, 2.45) is 0 Å². The normalized spacial score (nSPS) is 11.1. The number of aromatic nitrogens is 4. The Morgan fingerprint density at radius 1 is 1.10 bits per heavy atom. The van der Waals surface area contributed by atoms with Gasteiger partial charge in [0, 0.05) is 11.6 Å². The standard InChI is InChI=1S/C15H15FN4O/c1-8-5-11(6-12(16)9(8)2)13-7-14(21-4)15-17-10(3)18-20(15)19-13/h5-7H,1-4H3. The lowest BCUT2D eigenvalue weighted by molar-refractivity contribution is 0.415. The van der Waals surface area contributed by atoms with Gasteiger partial charge in [0.05, 0.1) is 12.8 Å². The fourth-order valence-electron chi connectivity index (χ4n) is 2.20. The highest BCUT2D eigenvalue weighted by Crippen LogP contribution is 2.27. The quantitative estimate of drug-likeness (QED) is 0.727. The maximum Gasteiger partial charge on any atom is 0.218 e. The Kier molecular flexibility index (Phi) is 3.08. The molecule has 21 heavy (non-hydrogen) atoms. The van der Waals surface area contributed by atoms with Gasteiger partial charge in [0.1, 0.15) is 5.82 Å². The van der Waals surface area contributed by atoms with Crippen LogP contribution in [0.5, 0.6) is 5.75 Å². The molecule has 0 fully saturated rings. The van der Waals surface area contributed by atoms with E-state index in [1.807, 2.05) is 13.0 Å². The van der Waals surface area contributed by atoms with E-state index in [4.69, 9.17) is 4.74 Å². The van der Waals surface area contributed by atoms with Crippen molar-refractivity contribution >= 4 is 5.65 Å². The number of ether oxygens (including phenoxy) is 1. The first kappa shape index (κ1) is 13.5. The molecular formula is C15H15FN4O. The van der Waals surface area contributed by atoms with E-state index >= 15 is 0 Å². The third-order valence-electron chi connectivity index (χ3n) is 3.51. The molecule has 6 heteroatoms. The van der Waals surface area contributed by atoms with Gasteiger partial charge in [-0.2, -0.15) is 0 Å². The minimum atomic E-state index is -0.249. The van der Waals surface area contributed by atoms with E-state index in [2.05, 4.69) is 15.2 Å². The third-order valence-corrected chi connectivity index (χ3v) is 3.51. The Bertz CT molecular complexity index is 818. The lowest BCUT2D eigenvalue weighted by Gasteiger charge is -2.08. The van der Waals surface area contributed by atoms with Crippen LogP contribution in [0.25, 0.3) is 16.9 Å². The van der Waals surface area contributed by atoms with Crippen molar-refractivity contribution in [1.82, 2.24) is 19.8 Å². The topological polar surface area (TPSA) is 52.3 Å². The molecule has 0 radical (unpaired) electrons. The second-order valence-corrected chi connectivity index (χ2v) is 4.97. The minimum Gasteiger partial charge on any atom is -0.493 e. The molecule has 3 aromatic rings. The summed E-state index contributed by atoms with van der Waals surface area (Å²) in [4.78, 5) is 4.26. The van der Waals surface area contributed by atoms with Gasteiger partial charge in [0.2, 0.25) is 5.65 Å². The maximum absolute atomic E-state index is 13.9.